The highest BCUT2D eigenvalue weighted by atomic mass is 32.2. The van der Waals surface area contributed by atoms with Gasteiger partial charge in [-0.3, -0.25) is 9.79 Å². The molecule has 4 atom stereocenters. The number of rotatable bonds is 9. The lowest BCUT2D eigenvalue weighted by atomic mass is 9.91. The van der Waals surface area contributed by atoms with E-state index in [1.54, 1.807) is 6.07 Å². The zero-order valence-corrected chi connectivity index (χ0v) is 21.1. The van der Waals surface area contributed by atoms with Crippen LogP contribution in [0.15, 0.2) is 28.1 Å². The van der Waals surface area contributed by atoms with E-state index >= 15 is 0 Å². The Labute approximate surface area is 206 Å². The lowest BCUT2D eigenvalue weighted by Crippen LogP contribution is -2.56. The maximum absolute atomic E-state index is 13.5. The van der Waals surface area contributed by atoms with E-state index in [0.29, 0.717) is 37.4 Å². The van der Waals surface area contributed by atoms with Gasteiger partial charge in [0.15, 0.2) is 5.96 Å². The zero-order chi connectivity index (χ0) is 25.8. The second-order valence-electron chi connectivity index (χ2n) is 9.62. The average Bonchev–Trinajstić information content (AvgIpc) is 2.79. The third kappa shape index (κ3) is 6.63. The van der Waals surface area contributed by atoms with Crippen molar-refractivity contribution in [3.05, 3.63) is 23.8 Å². The van der Waals surface area contributed by atoms with Crippen molar-refractivity contribution in [1.82, 2.24) is 9.62 Å². The van der Waals surface area contributed by atoms with Gasteiger partial charge in [0.1, 0.15) is 17.0 Å². The molecule has 1 aromatic rings. The van der Waals surface area contributed by atoms with Gasteiger partial charge >= 0.3 is 5.97 Å². The molecule has 2 heterocycles. The van der Waals surface area contributed by atoms with Crippen LogP contribution in [-0.4, -0.2) is 68.0 Å². The van der Waals surface area contributed by atoms with Gasteiger partial charge in [-0.25, -0.2) is 13.2 Å². The molecule has 2 unspecified atom stereocenters. The van der Waals surface area contributed by atoms with Crippen molar-refractivity contribution < 1.29 is 23.1 Å². The summed E-state index contributed by atoms with van der Waals surface area (Å²) in [7, 11) is -4.10. The maximum Gasteiger partial charge on any atom is 0.326 e. The molecule has 12 heteroatoms. The summed E-state index contributed by atoms with van der Waals surface area (Å²) < 4.78 is 29.5. The van der Waals surface area contributed by atoms with E-state index in [1.165, 1.54) is 11.0 Å². The average molecular weight is 509 g/mol. The number of benzene rings is 1. The number of likely N-dealkylation sites (tertiary alicyclic amines) is 1. The van der Waals surface area contributed by atoms with E-state index in [-0.39, 0.29) is 36.3 Å². The molecule has 194 valence electrons. The largest absolute Gasteiger partial charge is 0.480 e. The number of anilines is 1. The topological polar surface area (TPSA) is 180 Å². The highest BCUT2D eigenvalue weighted by molar-refractivity contribution is 7.89. The van der Waals surface area contributed by atoms with E-state index in [2.05, 4.69) is 22.0 Å². The van der Waals surface area contributed by atoms with Gasteiger partial charge in [-0.1, -0.05) is 26.0 Å². The first-order valence-electron chi connectivity index (χ1n) is 12.0. The number of nitrogens with zero attached hydrogens (tertiary/aromatic N) is 2. The zero-order valence-electron chi connectivity index (χ0n) is 20.2. The van der Waals surface area contributed by atoms with Crippen molar-refractivity contribution in [2.24, 2.45) is 28.3 Å². The number of nitrogens with two attached hydrogens (primary N) is 2. The minimum Gasteiger partial charge on any atom is -0.480 e. The van der Waals surface area contributed by atoms with Crippen LogP contribution in [0.1, 0.15) is 45.1 Å². The fraction of sp³-hybridized carbons (Fsp3) is 0.609. The molecule has 0 radical (unpaired) electrons. The van der Waals surface area contributed by atoms with Crippen LogP contribution in [-0.2, 0) is 26.0 Å². The Hall–Kier alpha value is -2.86. The molecule has 1 amide bonds. The van der Waals surface area contributed by atoms with Crippen molar-refractivity contribution in [1.29, 1.82) is 0 Å². The molecule has 1 aromatic carbocycles. The summed E-state index contributed by atoms with van der Waals surface area (Å²) in [6.07, 6.45) is 2.17. The van der Waals surface area contributed by atoms with Crippen LogP contribution in [0.2, 0.25) is 0 Å². The molecule has 1 fully saturated rings. The second-order valence-corrected chi connectivity index (χ2v) is 11.3. The summed E-state index contributed by atoms with van der Waals surface area (Å²) in [4.78, 5) is 30.7. The van der Waals surface area contributed by atoms with E-state index in [9.17, 15) is 23.1 Å². The lowest BCUT2D eigenvalue weighted by molar-refractivity contribution is -0.153. The van der Waals surface area contributed by atoms with Crippen LogP contribution in [0.3, 0.4) is 0 Å². The lowest BCUT2D eigenvalue weighted by Gasteiger charge is -2.38. The van der Waals surface area contributed by atoms with Crippen LogP contribution in [0.5, 0.6) is 0 Å². The molecule has 0 bridgehead atoms. The first kappa shape index (κ1) is 26.7. The molecule has 0 aromatic heterocycles. The molecule has 35 heavy (non-hydrogen) atoms. The number of aliphatic imine (C=N–C) groups is 1. The van der Waals surface area contributed by atoms with Crippen molar-refractivity contribution in [3.8, 4) is 0 Å². The number of carbonyl (C=O) groups excluding carboxylic acids is 1. The number of hydrogen-bond acceptors (Lipinski definition) is 6. The predicted octanol–water partition coefficient (Wildman–Crippen LogP) is 0.703. The van der Waals surface area contributed by atoms with E-state index < -0.39 is 34.0 Å². The number of carboxylic acids is 1. The van der Waals surface area contributed by atoms with Crippen molar-refractivity contribution in [2.45, 2.75) is 62.9 Å². The Morgan fingerprint density at radius 3 is 2.71 bits per heavy atom. The standard InChI is InChI=1S/C23H36N6O5S/c1-14-8-10-29(18(12-14)22(31)32)21(30)17(6-4-9-26-23(24)25)28-35(33,34)19-7-3-5-16-11-15(2)13-27-20(16)19/h3,5,7,14-15,17-18,27-28H,4,6,8-13H2,1-2H3,(H,31,32)(H4,24,25,26)/t14-,15-,17?,18?/m1/s1. The van der Waals surface area contributed by atoms with Gasteiger partial charge in [0.05, 0.1) is 5.69 Å². The smallest absolute Gasteiger partial charge is 0.326 e. The SMILES string of the molecule is C[C@@H]1CCN(C(=O)C(CCCN=C(N)N)NS(=O)(=O)c2cccc3c2NC[C@H](C)C3)C(C(=O)O)C1. The number of hydrogen-bond donors (Lipinski definition) is 5. The Morgan fingerprint density at radius 1 is 1.29 bits per heavy atom. The van der Waals surface area contributed by atoms with Gasteiger partial charge in [0, 0.05) is 19.6 Å². The number of piperidine rings is 1. The molecule has 0 saturated carbocycles. The number of para-hydroxylation sites is 1. The maximum atomic E-state index is 13.5. The number of carbonyl (C=O) groups is 2. The number of guanidine groups is 1. The molecule has 1 saturated heterocycles. The number of aliphatic carboxylic acids is 1. The first-order chi connectivity index (χ1) is 16.5. The Bertz CT molecular complexity index is 1070. The van der Waals surface area contributed by atoms with Gasteiger partial charge in [0.2, 0.25) is 15.9 Å². The van der Waals surface area contributed by atoms with Crippen LogP contribution in [0.4, 0.5) is 5.69 Å². The molecule has 11 nitrogen and oxygen atoms in total. The highest BCUT2D eigenvalue weighted by Gasteiger charge is 2.39. The number of fused-ring (bicyclic) bond motifs is 1. The number of amides is 1. The van der Waals surface area contributed by atoms with E-state index in [1.807, 2.05) is 13.0 Å². The number of carboxylic acid groups (broad SMARTS) is 1. The molecular formula is C23H36N6O5S. The van der Waals surface area contributed by atoms with Gasteiger partial charge in [0.25, 0.3) is 0 Å². The van der Waals surface area contributed by atoms with E-state index in [0.717, 1.165) is 12.0 Å². The van der Waals surface area contributed by atoms with Crippen LogP contribution in [0.25, 0.3) is 0 Å². The third-order valence-electron chi connectivity index (χ3n) is 6.57. The second kappa shape index (κ2) is 11.3. The first-order valence-corrected chi connectivity index (χ1v) is 13.4. The van der Waals surface area contributed by atoms with Crippen LogP contribution < -0.4 is 21.5 Å². The monoisotopic (exact) mass is 508 g/mol. The van der Waals surface area contributed by atoms with Gasteiger partial charge in [-0.15, -0.1) is 0 Å². The molecule has 0 aliphatic carbocycles. The number of nitrogens with one attached hydrogen (secondary N) is 2. The predicted molar refractivity (Wildman–Crippen MR) is 133 cm³/mol. The summed E-state index contributed by atoms with van der Waals surface area (Å²) in [6.45, 7) is 5.14. The van der Waals surface area contributed by atoms with Crippen molar-refractivity contribution in [3.63, 3.8) is 0 Å². The molecule has 2 aliphatic heterocycles. The van der Waals surface area contributed by atoms with Crippen molar-refractivity contribution >= 4 is 33.5 Å². The molecular weight excluding hydrogens is 472 g/mol. The Morgan fingerprint density at radius 2 is 2.03 bits per heavy atom. The quantitative estimate of drug-likeness (QED) is 0.184. The third-order valence-corrected chi connectivity index (χ3v) is 8.09. The Kier molecular flexibility index (Phi) is 8.60. The fourth-order valence-electron chi connectivity index (χ4n) is 4.72. The highest BCUT2D eigenvalue weighted by Crippen LogP contribution is 2.31. The fourth-order valence-corrected chi connectivity index (χ4v) is 6.17. The van der Waals surface area contributed by atoms with Gasteiger partial charge < -0.3 is 26.8 Å². The van der Waals surface area contributed by atoms with Crippen LogP contribution >= 0.6 is 0 Å². The Balaban J connectivity index is 1.88. The molecule has 3 rings (SSSR count). The van der Waals surface area contributed by atoms with Crippen molar-refractivity contribution in [2.75, 3.05) is 25.0 Å². The van der Waals surface area contributed by atoms with Gasteiger partial charge in [-0.2, -0.15) is 4.72 Å². The summed E-state index contributed by atoms with van der Waals surface area (Å²) >= 11 is 0. The summed E-state index contributed by atoms with van der Waals surface area (Å²) in [6, 6.07) is 2.94. The summed E-state index contributed by atoms with van der Waals surface area (Å²) in [5.41, 5.74) is 12.2. The summed E-state index contributed by atoms with van der Waals surface area (Å²) in [5.74, 6) is -1.22. The minimum atomic E-state index is -4.10. The normalized spacial score (nSPS) is 23.0. The molecule has 2 aliphatic rings. The minimum absolute atomic E-state index is 0.0750. The van der Waals surface area contributed by atoms with E-state index in [4.69, 9.17) is 11.5 Å². The molecule has 7 N–H and O–H groups in total. The number of sulfonamides is 1. The summed E-state index contributed by atoms with van der Waals surface area (Å²) in [5, 5.41) is 12.9. The van der Waals surface area contributed by atoms with Crippen LogP contribution in [0, 0.1) is 11.8 Å². The van der Waals surface area contributed by atoms with Gasteiger partial charge in [-0.05, 0) is 55.6 Å². The molecule has 0 spiro atoms.